The molecule has 0 fully saturated rings. The third kappa shape index (κ3) is 2.62. The molecule has 0 spiro atoms. The van der Waals surface area contributed by atoms with E-state index in [1.165, 1.54) is 0 Å². The van der Waals surface area contributed by atoms with Crippen molar-refractivity contribution in [1.82, 2.24) is 0 Å². The maximum absolute atomic E-state index is 9.41. The molecule has 1 rings (SSSR count). The summed E-state index contributed by atoms with van der Waals surface area (Å²) in [6, 6.07) is 1.62. The van der Waals surface area contributed by atoms with Crippen molar-refractivity contribution in [3.05, 3.63) is 22.6 Å². The summed E-state index contributed by atoms with van der Waals surface area (Å²) >= 11 is 3.18. The van der Waals surface area contributed by atoms with Crippen molar-refractivity contribution in [3.63, 3.8) is 0 Å². The van der Waals surface area contributed by atoms with E-state index in [9.17, 15) is 5.11 Å². The van der Waals surface area contributed by atoms with E-state index < -0.39 is 6.10 Å². The predicted molar refractivity (Wildman–Crippen MR) is 49.8 cm³/mol. The van der Waals surface area contributed by atoms with Crippen molar-refractivity contribution >= 4 is 15.9 Å². The Morgan fingerprint density at radius 2 is 2.42 bits per heavy atom. The molecule has 2 atom stereocenters. The summed E-state index contributed by atoms with van der Waals surface area (Å²) in [7, 11) is 0. The van der Waals surface area contributed by atoms with Gasteiger partial charge < -0.3 is 15.3 Å². The Hall–Kier alpha value is -0.320. The summed E-state index contributed by atoms with van der Waals surface area (Å²) in [4.78, 5) is 0. The topological polar surface area (TPSA) is 59.4 Å². The number of nitrogens with two attached hydrogens (primary N) is 1. The van der Waals surface area contributed by atoms with E-state index in [4.69, 9.17) is 10.2 Å². The second kappa shape index (κ2) is 4.07. The van der Waals surface area contributed by atoms with E-state index in [0.29, 0.717) is 11.1 Å². The Balaban J connectivity index is 2.52. The minimum Gasteiger partial charge on any atom is -0.457 e. The molecule has 1 aromatic heterocycles. The summed E-state index contributed by atoms with van der Waals surface area (Å²) in [6.45, 7) is 1.78. The second-order valence-electron chi connectivity index (χ2n) is 2.89. The molecular formula is C8H12BrNO2. The average molecular weight is 234 g/mol. The van der Waals surface area contributed by atoms with Crippen LogP contribution in [0.15, 0.2) is 21.4 Å². The van der Waals surface area contributed by atoms with Gasteiger partial charge in [-0.05, 0) is 34.5 Å². The number of rotatable bonds is 3. The van der Waals surface area contributed by atoms with Gasteiger partial charge in [0.2, 0.25) is 0 Å². The van der Waals surface area contributed by atoms with E-state index in [-0.39, 0.29) is 6.04 Å². The van der Waals surface area contributed by atoms with Crippen molar-refractivity contribution in [1.29, 1.82) is 0 Å². The van der Waals surface area contributed by atoms with Gasteiger partial charge in [-0.2, -0.15) is 0 Å². The quantitative estimate of drug-likeness (QED) is 0.828. The third-order valence-electron chi connectivity index (χ3n) is 1.67. The van der Waals surface area contributed by atoms with Crippen molar-refractivity contribution in [2.24, 2.45) is 5.73 Å². The summed E-state index contributed by atoms with van der Waals surface area (Å²) < 4.78 is 5.69. The Bertz CT molecular complexity index is 247. The molecule has 0 radical (unpaired) electrons. The van der Waals surface area contributed by atoms with Gasteiger partial charge in [-0.15, -0.1) is 0 Å². The van der Waals surface area contributed by atoms with Crippen LogP contribution in [0, 0.1) is 0 Å². The van der Waals surface area contributed by atoms with Gasteiger partial charge in [0, 0.05) is 12.5 Å². The Morgan fingerprint density at radius 3 is 2.83 bits per heavy atom. The molecule has 0 amide bonds. The van der Waals surface area contributed by atoms with E-state index in [1.54, 1.807) is 13.2 Å². The maximum Gasteiger partial charge on any atom is 0.169 e. The van der Waals surface area contributed by atoms with Crippen LogP contribution in [0.2, 0.25) is 0 Å². The lowest BCUT2D eigenvalue weighted by atomic mass is 10.1. The second-order valence-corrected chi connectivity index (χ2v) is 3.67. The highest BCUT2D eigenvalue weighted by Crippen LogP contribution is 2.15. The van der Waals surface area contributed by atoms with Gasteiger partial charge in [-0.1, -0.05) is 0 Å². The monoisotopic (exact) mass is 233 g/mol. The van der Waals surface area contributed by atoms with Crippen LogP contribution >= 0.6 is 15.9 Å². The lowest BCUT2D eigenvalue weighted by Crippen LogP contribution is -2.32. The Morgan fingerprint density at radius 1 is 1.75 bits per heavy atom. The molecule has 1 heterocycles. The summed E-state index contributed by atoms with van der Waals surface area (Å²) in [5.41, 5.74) is 6.45. The number of hydrogen-bond acceptors (Lipinski definition) is 3. The molecule has 0 aliphatic carbocycles. The molecule has 4 heteroatoms. The maximum atomic E-state index is 9.41. The highest BCUT2D eigenvalue weighted by molar-refractivity contribution is 9.10. The third-order valence-corrected chi connectivity index (χ3v) is 2.09. The zero-order chi connectivity index (χ0) is 9.14. The van der Waals surface area contributed by atoms with Gasteiger partial charge in [0.15, 0.2) is 4.67 Å². The van der Waals surface area contributed by atoms with Crippen molar-refractivity contribution in [2.45, 2.75) is 25.5 Å². The smallest absolute Gasteiger partial charge is 0.169 e. The van der Waals surface area contributed by atoms with Crippen LogP contribution in [0.25, 0.3) is 0 Å². The molecule has 0 aliphatic heterocycles. The first-order valence-corrected chi connectivity index (χ1v) is 4.55. The van der Waals surface area contributed by atoms with E-state index in [1.807, 2.05) is 6.07 Å². The van der Waals surface area contributed by atoms with Crippen LogP contribution < -0.4 is 5.73 Å². The standard InChI is InChI=1S/C8H12BrNO2/c1-5(10)7(11)2-6-3-8(9)12-4-6/h3-5,7,11H,2,10H2,1H3. The normalized spacial score (nSPS) is 16.0. The Kier molecular flexibility index (Phi) is 3.31. The van der Waals surface area contributed by atoms with Crippen molar-refractivity contribution < 1.29 is 9.52 Å². The fourth-order valence-electron chi connectivity index (χ4n) is 0.880. The summed E-state index contributed by atoms with van der Waals surface area (Å²) in [5, 5.41) is 9.41. The van der Waals surface area contributed by atoms with Crippen LogP contribution in [0.5, 0.6) is 0 Å². The summed E-state index contributed by atoms with van der Waals surface area (Å²) in [6.07, 6.45) is 1.64. The van der Waals surface area contributed by atoms with Crippen LogP contribution in [0.4, 0.5) is 0 Å². The number of hydrogen-bond donors (Lipinski definition) is 2. The van der Waals surface area contributed by atoms with Crippen LogP contribution in [0.3, 0.4) is 0 Å². The first kappa shape index (κ1) is 9.77. The number of aliphatic hydroxyl groups is 1. The molecule has 12 heavy (non-hydrogen) atoms. The first-order chi connectivity index (χ1) is 5.59. The van der Waals surface area contributed by atoms with Gasteiger partial charge in [0.25, 0.3) is 0 Å². The zero-order valence-corrected chi connectivity index (χ0v) is 8.41. The van der Waals surface area contributed by atoms with E-state index in [0.717, 1.165) is 5.56 Å². The number of aliphatic hydroxyl groups excluding tert-OH is 1. The summed E-state index contributed by atoms with van der Waals surface area (Å²) in [5.74, 6) is 0. The van der Waals surface area contributed by atoms with E-state index >= 15 is 0 Å². The van der Waals surface area contributed by atoms with E-state index in [2.05, 4.69) is 15.9 Å². The van der Waals surface area contributed by atoms with Crippen molar-refractivity contribution in [2.75, 3.05) is 0 Å². The minimum atomic E-state index is -0.505. The molecule has 68 valence electrons. The largest absolute Gasteiger partial charge is 0.457 e. The number of furan rings is 1. The van der Waals surface area contributed by atoms with Gasteiger partial charge in [0.1, 0.15) is 0 Å². The molecule has 0 saturated carbocycles. The van der Waals surface area contributed by atoms with Crippen LogP contribution in [0.1, 0.15) is 12.5 Å². The molecule has 3 nitrogen and oxygen atoms in total. The zero-order valence-electron chi connectivity index (χ0n) is 6.83. The molecule has 2 unspecified atom stereocenters. The van der Waals surface area contributed by atoms with Crippen molar-refractivity contribution in [3.8, 4) is 0 Å². The highest BCUT2D eigenvalue weighted by atomic mass is 79.9. The molecule has 0 bridgehead atoms. The van der Waals surface area contributed by atoms with Gasteiger partial charge in [-0.3, -0.25) is 0 Å². The molecule has 0 aromatic carbocycles. The van der Waals surface area contributed by atoms with Crippen LogP contribution in [-0.4, -0.2) is 17.3 Å². The number of halogens is 1. The molecule has 0 saturated heterocycles. The Labute approximate surface area is 79.7 Å². The minimum absolute atomic E-state index is 0.210. The SMILES string of the molecule is CC(N)C(O)Cc1coc(Br)c1. The molecular weight excluding hydrogens is 222 g/mol. The lowest BCUT2D eigenvalue weighted by molar-refractivity contribution is 0.151. The molecule has 0 aliphatic rings. The van der Waals surface area contributed by atoms with Gasteiger partial charge in [0.05, 0.1) is 12.4 Å². The lowest BCUT2D eigenvalue weighted by Gasteiger charge is -2.12. The molecule has 3 N–H and O–H groups in total. The highest BCUT2D eigenvalue weighted by Gasteiger charge is 2.11. The molecule has 1 aromatic rings. The van der Waals surface area contributed by atoms with Gasteiger partial charge >= 0.3 is 0 Å². The predicted octanol–water partition coefficient (Wildman–Crippen LogP) is 1.29. The van der Waals surface area contributed by atoms with Gasteiger partial charge in [-0.25, -0.2) is 0 Å². The van der Waals surface area contributed by atoms with Crippen LogP contribution in [-0.2, 0) is 6.42 Å². The fraction of sp³-hybridized carbons (Fsp3) is 0.500. The fourth-order valence-corrected chi connectivity index (χ4v) is 1.27. The first-order valence-electron chi connectivity index (χ1n) is 3.76. The average Bonchev–Trinajstić information content (AvgIpc) is 2.35.